The number of aliphatic carboxylic acids is 1. The second-order valence-corrected chi connectivity index (χ2v) is 4.95. The second kappa shape index (κ2) is 5.26. The summed E-state index contributed by atoms with van der Waals surface area (Å²) >= 11 is 0. The lowest BCUT2D eigenvalue weighted by molar-refractivity contribution is -0.142. The van der Waals surface area contributed by atoms with Crippen LogP contribution in [0.2, 0.25) is 0 Å². The highest BCUT2D eigenvalue weighted by molar-refractivity contribution is 5.92. The lowest BCUT2D eigenvalue weighted by Gasteiger charge is -2.12. The molecule has 0 saturated carbocycles. The van der Waals surface area contributed by atoms with E-state index in [2.05, 4.69) is 5.10 Å². The van der Waals surface area contributed by atoms with Crippen molar-refractivity contribution < 1.29 is 14.7 Å². The molecule has 6 heteroatoms. The number of amides is 1. The van der Waals surface area contributed by atoms with Crippen LogP contribution in [-0.4, -0.2) is 44.8 Å². The number of rotatable bonds is 3. The summed E-state index contributed by atoms with van der Waals surface area (Å²) in [6, 6.07) is 0. The number of carbonyl (C=O) groups excluding carboxylic acids is 1. The van der Waals surface area contributed by atoms with E-state index in [1.807, 2.05) is 6.92 Å². The molecule has 0 radical (unpaired) electrons. The van der Waals surface area contributed by atoms with E-state index in [-0.39, 0.29) is 18.4 Å². The molecule has 1 aliphatic heterocycles. The molecule has 2 rings (SSSR count). The smallest absolute Gasteiger partial charge is 0.308 e. The quantitative estimate of drug-likeness (QED) is 0.811. The van der Waals surface area contributed by atoms with E-state index in [0.29, 0.717) is 6.54 Å². The minimum atomic E-state index is -0.834. The molecule has 0 spiro atoms. The Labute approximate surface area is 111 Å². The molecule has 0 unspecified atom stereocenters. The van der Waals surface area contributed by atoms with Crippen LogP contribution in [0.1, 0.15) is 12.5 Å². The van der Waals surface area contributed by atoms with Gasteiger partial charge in [-0.2, -0.15) is 5.10 Å². The number of carbonyl (C=O) groups is 2. The van der Waals surface area contributed by atoms with E-state index < -0.39 is 11.9 Å². The van der Waals surface area contributed by atoms with E-state index in [4.69, 9.17) is 5.11 Å². The molecular formula is C13H17N3O3. The van der Waals surface area contributed by atoms with Crippen molar-refractivity contribution >= 4 is 18.0 Å². The Balaban J connectivity index is 1.98. The molecule has 1 fully saturated rings. The Morgan fingerprint density at radius 2 is 2.21 bits per heavy atom. The third-order valence-electron chi connectivity index (χ3n) is 3.38. The van der Waals surface area contributed by atoms with E-state index >= 15 is 0 Å². The largest absolute Gasteiger partial charge is 0.481 e. The van der Waals surface area contributed by atoms with Crippen LogP contribution < -0.4 is 0 Å². The Bertz CT molecular complexity index is 521. The van der Waals surface area contributed by atoms with E-state index in [1.165, 1.54) is 6.08 Å². The van der Waals surface area contributed by atoms with Crippen LogP contribution in [0.4, 0.5) is 0 Å². The summed E-state index contributed by atoms with van der Waals surface area (Å²) in [7, 11) is 1.80. The highest BCUT2D eigenvalue weighted by atomic mass is 16.4. The van der Waals surface area contributed by atoms with E-state index in [1.54, 1.807) is 35.1 Å². The van der Waals surface area contributed by atoms with Crippen LogP contribution in [0.25, 0.3) is 6.08 Å². The first-order valence-corrected chi connectivity index (χ1v) is 6.16. The fraction of sp³-hybridized carbons (Fsp3) is 0.462. The number of hydrogen-bond donors (Lipinski definition) is 1. The number of hydrogen-bond acceptors (Lipinski definition) is 3. The van der Waals surface area contributed by atoms with Gasteiger partial charge in [-0.25, -0.2) is 0 Å². The topological polar surface area (TPSA) is 75.4 Å². The van der Waals surface area contributed by atoms with Gasteiger partial charge in [0.25, 0.3) is 0 Å². The zero-order chi connectivity index (χ0) is 14.0. The first-order valence-electron chi connectivity index (χ1n) is 6.16. The molecule has 2 heterocycles. The van der Waals surface area contributed by atoms with Crippen molar-refractivity contribution in [2.45, 2.75) is 6.92 Å². The number of carboxylic acid groups (broad SMARTS) is 1. The van der Waals surface area contributed by atoms with Gasteiger partial charge < -0.3 is 10.0 Å². The predicted octanol–water partition coefficient (Wildman–Crippen LogP) is 0.612. The van der Waals surface area contributed by atoms with Crippen molar-refractivity contribution in [1.29, 1.82) is 0 Å². The van der Waals surface area contributed by atoms with Crippen LogP contribution in [0.5, 0.6) is 0 Å². The minimum absolute atomic E-state index is 0.00626. The summed E-state index contributed by atoms with van der Waals surface area (Å²) < 4.78 is 1.66. The molecule has 2 atom stereocenters. The summed E-state index contributed by atoms with van der Waals surface area (Å²) in [5, 5.41) is 13.0. The molecule has 102 valence electrons. The summed E-state index contributed by atoms with van der Waals surface area (Å²) in [5.41, 5.74) is 0.845. The fourth-order valence-corrected chi connectivity index (χ4v) is 2.27. The van der Waals surface area contributed by atoms with Crippen molar-refractivity contribution in [3.05, 3.63) is 24.0 Å². The average Bonchev–Trinajstić information content (AvgIpc) is 2.92. The number of carboxylic acids is 1. The van der Waals surface area contributed by atoms with Crippen LogP contribution in [0.15, 0.2) is 18.5 Å². The average molecular weight is 263 g/mol. The first-order chi connectivity index (χ1) is 8.97. The lowest BCUT2D eigenvalue weighted by atomic mass is 9.99. The summed E-state index contributed by atoms with van der Waals surface area (Å²) in [6.07, 6.45) is 6.62. The standard InChI is InChI=1S/C13H17N3O3/c1-9-6-16(8-11(9)13(18)19)12(17)4-3-10-5-14-15(2)7-10/h3-5,7,9,11H,6,8H2,1-2H3,(H,18,19)/b4-3+/t9-,11-/m1/s1. The Kier molecular flexibility index (Phi) is 3.69. The Morgan fingerprint density at radius 3 is 2.74 bits per heavy atom. The van der Waals surface area contributed by atoms with Gasteiger partial charge in [0.05, 0.1) is 12.1 Å². The molecule has 6 nitrogen and oxygen atoms in total. The predicted molar refractivity (Wildman–Crippen MR) is 69.1 cm³/mol. The molecule has 1 saturated heterocycles. The molecule has 1 amide bonds. The second-order valence-electron chi connectivity index (χ2n) is 4.95. The van der Waals surface area contributed by atoms with Crippen LogP contribution >= 0.6 is 0 Å². The molecule has 1 aliphatic rings. The zero-order valence-corrected chi connectivity index (χ0v) is 11.0. The minimum Gasteiger partial charge on any atom is -0.481 e. The third-order valence-corrected chi connectivity index (χ3v) is 3.38. The van der Waals surface area contributed by atoms with Crippen LogP contribution in [0, 0.1) is 11.8 Å². The van der Waals surface area contributed by atoms with Gasteiger partial charge in [0, 0.05) is 38.0 Å². The van der Waals surface area contributed by atoms with E-state index in [0.717, 1.165) is 5.56 Å². The van der Waals surface area contributed by atoms with Crippen molar-refractivity contribution in [2.24, 2.45) is 18.9 Å². The number of likely N-dealkylation sites (tertiary alicyclic amines) is 1. The summed E-state index contributed by atoms with van der Waals surface area (Å²) in [4.78, 5) is 24.5. The van der Waals surface area contributed by atoms with Crippen molar-refractivity contribution in [3.8, 4) is 0 Å². The van der Waals surface area contributed by atoms with Crippen LogP contribution in [-0.2, 0) is 16.6 Å². The monoisotopic (exact) mass is 263 g/mol. The third kappa shape index (κ3) is 3.01. The molecular weight excluding hydrogens is 246 g/mol. The van der Waals surface area contributed by atoms with Gasteiger partial charge >= 0.3 is 5.97 Å². The van der Waals surface area contributed by atoms with Gasteiger partial charge in [-0.15, -0.1) is 0 Å². The summed E-state index contributed by atoms with van der Waals surface area (Å²) in [5.74, 6) is -1.46. The fourth-order valence-electron chi connectivity index (χ4n) is 2.27. The first kappa shape index (κ1) is 13.3. The lowest BCUT2D eigenvalue weighted by Crippen LogP contribution is -2.28. The number of aryl methyl sites for hydroxylation is 1. The zero-order valence-electron chi connectivity index (χ0n) is 11.0. The molecule has 0 bridgehead atoms. The molecule has 1 aromatic heterocycles. The highest BCUT2D eigenvalue weighted by Crippen LogP contribution is 2.23. The normalized spacial score (nSPS) is 23.2. The molecule has 0 aliphatic carbocycles. The Hall–Kier alpha value is -2.11. The van der Waals surface area contributed by atoms with Gasteiger partial charge in [-0.3, -0.25) is 14.3 Å². The molecule has 1 N–H and O–H groups in total. The van der Waals surface area contributed by atoms with Gasteiger partial charge in [0.2, 0.25) is 5.91 Å². The van der Waals surface area contributed by atoms with Gasteiger partial charge in [-0.1, -0.05) is 6.92 Å². The van der Waals surface area contributed by atoms with Crippen molar-refractivity contribution in [2.75, 3.05) is 13.1 Å². The number of nitrogens with zero attached hydrogens (tertiary/aromatic N) is 3. The molecule has 19 heavy (non-hydrogen) atoms. The molecule has 1 aromatic rings. The van der Waals surface area contributed by atoms with Gasteiger partial charge in [0.15, 0.2) is 0 Å². The molecule has 0 aromatic carbocycles. The SMILES string of the molecule is C[C@@H]1CN(C(=O)/C=C/c2cnn(C)c2)C[C@H]1C(=O)O. The van der Waals surface area contributed by atoms with Gasteiger partial charge in [-0.05, 0) is 12.0 Å². The maximum atomic E-state index is 12.0. The maximum Gasteiger partial charge on any atom is 0.308 e. The van der Waals surface area contributed by atoms with Gasteiger partial charge in [0.1, 0.15) is 0 Å². The summed E-state index contributed by atoms with van der Waals surface area (Å²) in [6.45, 7) is 2.64. The maximum absolute atomic E-state index is 12.0. The van der Waals surface area contributed by atoms with Crippen molar-refractivity contribution in [3.63, 3.8) is 0 Å². The number of aromatic nitrogens is 2. The Morgan fingerprint density at radius 1 is 1.47 bits per heavy atom. The highest BCUT2D eigenvalue weighted by Gasteiger charge is 2.36. The van der Waals surface area contributed by atoms with E-state index in [9.17, 15) is 9.59 Å². The van der Waals surface area contributed by atoms with Crippen LogP contribution in [0.3, 0.4) is 0 Å². The van der Waals surface area contributed by atoms with Crippen molar-refractivity contribution in [1.82, 2.24) is 14.7 Å².